The molecule has 0 saturated carbocycles. The molecule has 1 fully saturated rings. The van der Waals surface area contributed by atoms with Crippen molar-refractivity contribution in [3.05, 3.63) is 58.7 Å². The van der Waals surface area contributed by atoms with Crippen LogP contribution in [0.3, 0.4) is 0 Å². The van der Waals surface area contributed by atoms with Gasteiger partial charge in [-0.1, -0.05) is 17.8 Å². The number of benzene rings is 2. The summed E-state index contributed by atoms with van der Waals surface area (Å²) in [7, 11) is 0. The third-order valence-electron chi connectivity index (χ3n) is 5.09. The number of aryl methyl sites for hydroxylation is 2. The highest BCUT2D eigenvalue weighted by molar-refractivity contribution is 8.15. The first-order valence-corrected chi connectivity index (χ1v) is 9.76. The van der Waals surface area contributed by atoms with Gasteiger partial charge in [-0.2, -0.15) is 5.26 Å². The lowest BCUT2D eigenvalue weighted by Crippen LogP contribution is -2.30. The van der Waals surface area contributed by atoms with Crippen molar-refractivity contribution in [2.24, 2.45) is 0 Å². The van der Waals surface area contributed by atoms with E-state index in [0.717, 1.165) is 53.7 Å². The number of nitrogens with one attached hydrogen (secondary N) is 1. The van der Waals surface area contributed by atoms with Gasteiger partial charge in [0.15, 0.2) is 0 Å². The molecule has 2 amide bonds. The molecule has 5 nitrogen and oxygen atoms in total. The highest BCUT2D eigenvalue weighted by atomic mass is 32.2. The normalized spacial score (nSPS) is 21.3. The maximum atomic E-state index is 12.1. The van der Waals surface area contributed by atoms with Crippen LogP contribution in [0.2, 0.25) is 0 Å². The molecule has 2 aliphatic rings. The Balaban J connectivity index is 1.59. The van der Waals surface area contributed by atoms with Crippen LogP contribution >= 0.6 is 11.8 Å². The van der Waals surface area contributed by atoms with Crippen molar-refractivity contribution in [2.75, 3.05) is 0 Å². The SMILES string of the molecule is Cc1cc(C#N)ccc1Oc1ccc2c(c1)CCC[C@H]2C1SC(=O)NC1=O. The van der Waals surface area contributed by atoms with Crippen LogP contribution in [0.5, 0.6) is 11.5 Å². The predicted molar refractivity (Wildman–Crippen MR) is 103 cm³/mol. The number of ether oxygens (including phenoxy) is 1. The largest absolute Gasteiger partial charge is 0.457 e. The molecule has 4 rings (SSSR count). The summed E-state index contributed by atoms with van der Waals surface area (Å²) in [6, 6.07) is 13.4. The molecular weight excluding hydrogens is 360 g/mol. The van der Waals surface area contributed by atoms with E-state index in [1.807, 2.05) is 25.1 Å². The molecule has 1 saturated heterocycles. The van der Waals surface area contributed by atoms with Crippen LogP contribution in [0.4, 0.5) is 4.79 Å². The average molecular weight is 378 g/mol. The summed E-state index contributed by atoms with van der Waals surface area (Å²) in [5.74, 6) is 1.33. The van der Waals surface area contributed by atoms with Crippen LogP contribution in [0, 0.1) is 18.3 Å². The minimum absolute atomic E-state index is 0.0518. The summed E-state index contributed by atoms with van der Waals surface area (Å²) in [5, 5.41) is 10.8. The van der Waals surface area contributed by atoms with Gasteiger partial charge in [0.05, 0.1) is 11.6 Å². The number of rotatable bonds is 3. The van der Waals surface area contributed by atoms with Gasteiger partial charge in [-0.15, -0.1) is 0 Å². The van der Waals surface area contributed by atoms with E-state index >= 15 is 0 Å². The Morgan fingerprint density at radius 3 is 2.78 bits per heavy atom. The summed E-state index contributed by atoms with van der Waals surface area (Å²) in [4.78, 5) is 23.6. The van der Waals surface area contributed by atoms with Crippen LogP contribution in [0.1, 0.15) is 41.0 Å². The molecule has 1 heterocycles. The number of nitriles is 1. The molecular formula is C21H18N2O3S. The number of fused-ring (bicyclic) bond motifs is 1. The van der Waals surface area contributed by atoms with E-state index in [1.165, 1.54) is 5.56 Å². The van der Waals surface area contributed by atoms with Crippen molar-refractivity contribution in [2.45, 2.75) is 37.4 Å². The van der Waals surface area contributed by atoms with E-state index in [1.54, 1.807) is 18.2 Å². The third-order valence-corrected chi connectivity index (χ3v) is 6.20. The average Bonchev–Trinajstić information content (AvgIpc) is 3.00. The zero-order valence-corrected chi connectivity index (χ0v) is 15.6. The Morgan fingerprint density at radius 1 is 1.22 bits per heavy atom. The fourth-order valence-corrected chi connectivity index (χ4v) is 4.80. The van der Waals surface area contributed by atoms with Gasteiger partial charge in [0.25, 0.3) is 5.24 Å². The summed E-state index contributed by atoms with van der Waals surface area (Å²) in [6.07, 6.45) is 2.82. The number of hydrogen-bond acceptors (Lipinski definition) is 5. The van der Waals surface area contributed by atoms with Crippen LogP contribution < -0.4 is 10.1 Å². The first-order valence-electron chi connectivity index (χ1n) is 8.88. The molecule has 27 heavy (non-hydrogen) atoms. The summed E-state index contributed by atoms with van der Waals surface area (Å²) < 4.78 is 6.03. The van der Waals surface area contributed by atoms with Crippen molar-refractivity contribution in [3.8, 4) is 17.6 Å². The molecule has 0 spiro atoms. The highest BCUT2D eigenvalue weighted by Crippen LogP contribution is 2.42. The third kappa shape index (κ3) is 3.43. The fraction of sp³-hybridized carbons (Fsp3) is 0.286. The van der Waals surface area contributed by atoms with E-state index in [-0.39, 0.29) is 22.3 Å². The molecule has 0 bridgehead atoms. The number of carbonyl (C=O) groups is 2. The second-order valence-corrected chi connectivity index (χ2v) is 7.98. The standard InChI is InChI=1S/C21H18N2O3S/c1-12-9-13(11-22)5-8-18(12)26-15-6-7-16-14(10-15)3-2-4-17(16)19-20(24)23-21(25)27-19/h5-10,17,19H,2-4H2,1H3,(H,23,24,25)/t17-,19?/m1/s1. The molecule has 1 aliphatic heterocycles. The first kappa shape index (κ1) is 17.6. The number of hydrogen-bond donors (Lipinski definition) is 1. The lowest BCUT2D eigenvalue weighted by Gasteiger charge is -2.28. The van der Waals surface area contributed by atoms with E-state index < -0.39 is 0 Å². The van der Waals surface area contributed by atoms with Crippen LogP contribution in [0.15, 0.2) is 36.4 Å². The summed E-state index contributed by atoms with van der Waals surface area (Å²) >= 11 is 1.10. The van der Waals surface area contributed by atoms with Crippen molar-refractivity contribution in [1.29, 1.82) is 5.26 Å². The van der Waals surface area contributed by atoms with Crippen LogP contribution in [-0.2, 0) is 11.2 Å². The van der Waals surface area contributed by atoms with E-state index in [4.69, 9.17) is 10.00 Å². The quantitative estimate of drug-likeness (QED) is 0.855. The number of nitrogens with zero attached hydrogens (tertiary/aromatic N) is 1. The smallest absolute Gasteiger partial charge is 0.286 e. The van der Waals surface area contributed by atoms with E-state index in [0.29, 0.717) is 5.56 Å². The molecule has 136 valence electrons. The molecule has 1 N–H and O–H groups in total. The molecule has 1 aliphatic carbocycles. The van der Waals surface area contributed by atoms with Crippen molar-refractivity contribution in [1.82, 2.24) is 5.32 Å². The first-order chi connectivity index (χ1) is 13.0. The van der Waals surface area contributed by atoms with Crippen LogP contribution in [-0.4, -0.2) is 16.4 Å². The lowest BCUT2D eigenvalue weighted by molar-refractivity contribution is -0.119. The van der Waals surface area contributed by atoms with Crippen LogP contribution in [0.25, 0.3) is 0 Å². The molecule has 0 radical (unpaired) electrons. The van der Waals surface area contributed by atoms with Crippen molar-refractivity contribution in [3.63, 3.8) is 0 Å². The zero-order chi connectivity index (χ0) is 19.0. The van der Waals surface area contributed by atoms with E-state index in [2.05, 4.69) is 11.4 Å². The Morgan fingerprint density at radius 2 is 2.07 bits per heavy atom. The second kappa shape index (κ2) is 7.09. The van der Waals surface area contributed by atoms with Gasteiger partial charge in [0, 0.05) is 5.92 Å². The number of imide groups is 1. The zero-order valence-electron chi connectivity index (χ0n) is 14.8. The molecule has 2 aromatic carbocycles. The number of carbonyl (C=O) groups excluding carboxylic acids is 2. The summed E-state index contributed by atoms with van der Waals surface area (Å²) in [5.41, 5.74) is 3.81. The molecule has 1 unspecified atom stereocenters. The maximum absolute atomic E-state index is 12.1. The Bertz CT molecular complexity index is 980. The topological polar surface area (TPSA) is 79.2 Å². The van der Waals surface area contributed by atoms with Crippen molar-refractivity contribution < 1.29 is 14.3 Å². The Hall–Kier alpha value is -2.78. The Labute approximate surface area is 161 Å². The van der Waals surface area contributed by atoms with Gasteiger partial charge in [-0.25, -0.2) is 0 Å². The van der Waals surface area contributed by atoms with Gasteiger partial charge >= 0.3 is 0 Å². The highest BCUT2D eigenvalue weighted by Gasteiger charge is 2.40. The van der Waals surface area contributed by atoms with Gasteiger partial charge in [-0.05, 0) is 73.2 Å². The maximum Gasteiger partial charge on any atom is 0.286 e. The minimum Gasteiger partial charge on any atom is -0.457 e. The predicted octanol–water partition coefficient (Wildman–Crippen LogP) is 4.43. The molecule has 6 heteroatoms. The van der Waals surface area contributed by atoms with Gasteiger partial charge in [0.2, 0.25) is 5.91 Å². The van der Waals surface area contributed by atoms with Crippen molar-refractivity contribution >= 4 is 22.9 Å². The van der Waals surface area contributed by atoms with Gasteiger partial charge in [-0.3, -0.25) is 14.9 Å². The minimum atomic E-state index is -0.343. The molecule has 2 aromatic rings. The fourth-order valence-electron chi connectivity index (χ4n) is 3.80. The van der Waals surface area contributed by atoms with Gasteiger partial charge in [0.1, 0.15) is 16.7 Å². The number of amides is 2. The summed E-state index contributed by atoms with van der Waals surface area (Å²) in [6.45, 7) is 1.91. The Kier molecular flexibility index (Phi) is 4.63. The number of thioether (sulfide) groups is 1. The molecule has 2 atom stereocenters. The monoisotopic (exact) mass is 378 g/mol. The van der Waals surface area contributed by atoms with Gasteiger partial charge < -0.3 is 4.74 Å². The van der Waals surface area contributed by atoms with E-state index in [9.17, 15) is 9.59 Å². The second-order valence-electron chi connectivity index (χ2n) is 6.87. The lowest BCUT2D eigenvalue weighted by atomic mass is 9.80. The molecule has 0 aromatic heterocycles.